The number of likely N-dealkylation sites (N-methyl/N-ethyl adjacent to an activating group) is 1. The van der Waals surface area contributed by atoms with E-state index in [2.05, 4.69) is 12.2 Å². The number of nitrogens with zero attached hydrogens (tertiary/aromatic N) is 1. The molecular weight excluding hydrogens is 312 g/mol. The molecular formula is C18H25ClN2O2. The minimum absolute atomic E-state index is 0.169. The summed E-state index contributed by atoms with van der Waals surface area (Å²) in [4.78, 5) is 26.2. The van der Waals surface area contributed by atoms with Gasteiger partial charge in [-0.15, -0.1) is 0 Å². The van der Waals surface area contributed by atoms with E-state index in [1.807, 2.05) is 19.1 Å². The van der Waals surface area contributed by atoms with Crippen LogP contribution in [0, 0.1) is 5.92 Å². The van der Waals surface area contributed by atoms with Gasteiger partial charge in [0.2, 0.25) is 0 Å². The molecule has 2 unspecified atom stereocenters. The van der Waals surface area contributed by atoms with Crippen molar-refractivity contribution >= 4 is 23.4 Å². The summed E-state index contributed by atoms with van der Waals surface area (Å²) in [5.41, 5.74) is 0.921. The van der Waals surface area contributed by atoms with Crippen LogP contribution < -0.4 is 5.32 Å². The lowest BCUT2D eigenvalue weighted by Gasteiger charge is -2.33. The average molecular weight is 337 g/mol. The molecule has 0 radical (unpaired) electrons. The Labute approximate surface area is 143 Å². The van der Waals surface area contributed by atoms with Gasteiger partial charge in [0.1, 0.15) is 0 Å². The first kappa shape index (κ1) is 17.8. The van der Waals surface area contributed by atoms with Crippen molar-refractivity contribution in [2.75, 3.05) is 7.05 Å². The Morgan fingerprint density at radius 1 is 1.26 bits per heavy atom. The fraction of sp³-hybridized carbons (Fsp3) is 0.556. The van der Waals surface area contributed by atoms with Crippen LogP contribution in [0.3, 0.4) is 0 Å². The highest BCUT2D eigenvalue weighted by Gasteiger charge is 2.29. The predicted octanol–water partition coefficient (Wildman–Crippen LogP) is 3.55. The summed E-state index contributed by atoms with van der Waals surface area (Å²) in [7, 11) is 1.73. The molecule has 3 atom stereocenters. The van der Waals surface area contributed by atoms with Gasteiger partial charge in [0.15, 0.2) is 0 Å². The van der Waals surface area contributed by atoms with E-state index >= 15 is 0 Å². The van der Waals surface area contributed by atoms with Gasteiger partial charge in [0.05, 0.1) is 6.04 Å². The number of hydrogen-bond acceptors (Lipinski definition) is 2. The minimum Gasteiger partial charge on any atom is -0.341 e. The molecule has 1 N–H and O–H groups in total. The average Bonchev–Trinajstić information content (AvgIpc) is 2.54. The summed E-state index contributed by atoms with van der Waals surface area (Å²) in [6, 6.07) is 7.19. The number of carbonyl (C=O) groups is 2. The Morgan fingerprint density at radius 3 is 2.52 bits per heavy atom. The van der Waals surface area contributed by atoms with Gasteiger partial charge in [0.25, 0.3) is 0 Å². The lowest BCUT2D eigenvalue weighted by Crippen LogP contribution is -2.47. The number of benzene rings is 1. The van der Waals surface area contributed by atoms with Gasteiger partial charge >= 0.3 is 11.8 Å². The van der Waals surface area contributed by atoms with Gasteiger partial charge in [0, 0.05) is 18.1 Å². The predicted molar refractivity (Wildman–Crippen MR) is 92.2 cm³/mol. The highest BCUT2D eigenvalue weighted by Crippen LogP contribution is 2.26. The molecule has 1 fully saturated rings. The molecule has 0 saturated heterocycles. The van der Waals surface area contributed by atoms with Gasteiger partial charge in [-0.1, -0.05) is 43.5 Å². The minimum atomic E-state index is -0.548. The third-order valence-electron chi connectivity index (χ3n) is 4.69. The maximum atomic E-state index is 12.4. The highest BCUT2D eigenvalue weighted by molar-refractivity contribution is 6.35. The molecule has 4 nitrogen and oxygen atoms in total. The molecule has 5 heteroatoms. The molecule has 126 valence electrons. The first-order chi connectivity index (χ1) is 10.9. The zero-order chi connectivity index (χ0) is 17.0. The normalized spacial score (nSPS) is 22.3. The Balaban J connectivity index is 1.93. The van der Waals surface area contributed by atoms with E-state index in [-0.39, 0.29) is 12.1 Å². The molecule has 2 amide bonds. The Morgan fingerprint density at radius 2 is 1.91 bits per heavy atom. The SMILES string of the molecule is CC1CCCC(N(C)C(=O)C(=O)N[C@@H](C)c2ccc(Cl)cc2)C1. The zero-order valence-electron chi connectivity index (χ0n) is 14.0. The fourth-order valence-corrected chi connectivity index (χ4v) is 3.30. The molecule has 1 aromatic carbocycles. The van der Waals surface area contributed by atoms with Crippen LogP contribution in [0.4, 0.5) is 0 Å². The van der Waals surface area contributed by atoms with Crippen LogP contribution >= 0.6 is 11.6 Å². The van der Waals surface area contributed by atoms with E-state index in [1.54, 1.807) is 24.1 Å². The van der Waals surface area contributed by atoms with E-state index < -0.39 is 11.8 Å². The second kappa shape index (κ2) is 7.82. The van der Waals surface area contributed by atoms with Gasteiger partial charge in [-0.3, -0.25) is 9.59 Å². The summed E-state index contributed by atoms with van der Waals surface area (Å²) < 4.78 is 0. The fourth-order valence-electron chi connectivity index (χ4n) is 3.17. The second-order valence-corrected chi connectivity index (χ2v) is 7.02. The van der Waals surface area contributed by atoms with Gasteiger partial charge in [-0.2, -0.15) is 0 Å². The molecule has 1 aliphatic carbocycles. The van der Waals surface area contributed by atoms with Crippen molar-refractivity contribution < 1.29 is 9.59 Å². The number of carbonyl (C=O) groups excluding carboxylic acids is 2. The smallest absolute Gasteiger partial charge is 0.311 e. The van der Waals surface area contributed by atoms with Crippen molar-refractivity contribution in [3.05, 3.63) is 34.9 Å². The molecule has 1 aromatic rings. The van der Waals surface area contributed by atoms with E-state index in [0.29, 0.717) is 10.9 Å². The largest absolute Gasteiger partial charge is 0.341 e. The topological polar surface area (TPSA) is 49.4 Å². The zero-order valence-corrected chi connectivity index (χ0v) is 14.8. The van der Waals surface area contributed by atoms with E-state index in [1.165, 1.54) is 6.42 Å². The molecule has 2 rings (SSSR count). The quantitative estimate of drug-likeness (QED) is 0.858. The molecule has 1 aliphatic rings. The van der Waals surface area contributed by atoms with Crippen molar-refractivity contribution in [1.82, 2.24) is 10.2 Å². The summed E-state index contributed by atoms with van der Waals surface area (Å²) in [6.45, 7) is 4.06. The number of nitrogens with one attached hydrogen (secondary N) is 1. The summed E-state index contributed by atoms with van der Waals surface area (Å²) in [5, 5.41) is 3.42. The maximum absolute atomic E-state index is 12.4. The summed E-state index contributed by atoms with van der Waals surface area (Å²) in [6.07, 6.45) is 4.28. The molecule has 0 bridgehead atoms. The molecule has 0 spiro atoms. The van der Waals surface area contributed by atoms with Crippen LogP contribution in [0.25, 0.3) is 0 Å². The molecule has 0 aliphatic heterocycles. The third-order valence-corrected chi connectivity index (χ3v) is 4.94. The Hall–Kier alpha value is -1.55. The lowest BCUT2D eigenvalue weighted by atomic mass is 9.86. The highest BCUT2D eigenvalue weighted by atomic mass is 35.5. The molecule has 23 heavy (non-hydrogen) atoms. The maximum Gasteiger partial charge on any atom is 0.311 e. The van der Waals surface area contributed by atoms with Crippen molar-refractivity contribution in [3.63, 3.8) is 0 Å². The number of hydrogen-bond donors (Lipinski definition) is 1. The standard InChI is InChI=1S/C18H25ClN2O2/c1-12-5-4-6-16(11-12)21(3)18(23)17(22)20-13(2)14-7-9-15(19)10-8-14/h7-10,12-13,16H,4-6,11H2,1-3H3,(H,20,22)/t12?,13-,16?/m0/s1. The monoisotopic (exact) mass is 336 g/mol. The van der Waals surface area contributed by atoms with Crippen LogP contribution in [0.2, 0.25) is 5.02 Å². The second-order valence-electron chi connectivity index (χ2n) is 6.59. The van der Waals surface area contributed by atoms with Crippen molar-refractivity contribution in [2.45, 2.75) is 51.6 Å². The number of rotatable bonds is 3. The van der Waals surface area contributed by atoms with Crippen LogP contribution in [0.5, 0.6) is 0 Å². The van der Waals surface area contributed by atoms with Crippen molar-refractivity contribution in [3.8, 4) is 0 Å². The first-order valence-corrected chi connectivity index (χ1v) is 8.59. The van der Waals surface area contributed by atoms with Gasteiger partial charge < -0.3 is 10.2 Å². The Bertz CT molecular complexity index is 559. The van der Waals surface area contributed by atoms with Gasteiger partial charge in [-0.05, 0) is 43.4 Å². The van der Waals surface area contributed by atoms with Crippen molar-refractivity contribution in [2.24, 2.45) is 5.92 Å². The first-order valence-electron chi connectivity index (χ1n) is 8.21. The number of amides is 2. The van der Waals surface area contributed by atoms with Crippen LogP contribution in [0.1, 0.15) is 51.1 Å². The van der Waals surface area contributed by atoms with Crippen LogP contribution in [0.15, 0.2) is 24.3 Å². The Kier molecular flexibility index (Phi) is 6.05. The van der Waals surface area contributed by atoms with Crippen molar-refractivity contribution in [1.29, 1.82) is 0 Å². The van der Waals surface area contributed by atoms with Crippen LogP contribution in [-0.4, -0.2) is 29.8 Å². The van der Waals surface area contributed by atoms with Gasteiger partial charge in [-0.25, -0.2) is 0 Å². The van der Waals surface area contributed by atoms with E-state index in [0.717, 1.165) is 24.8 Å². The molecule has 0 aromatic heterocycles. The van der Waals surface area contributed by atoms with Crippen LogP contribution in [-0.2, 0) is 9.59 Å². The molecule has 0 heterocycles. The molecule has 1 saturated carbocycles. The lowest BCUT2D eigenvalue weighted by molar-refractivity contribution is -0.147. The van der Waals surface area contributed by atoms with E-state index in [9.17, 15) is 9.59 Å². The third kappa shape index (κ3) is 4.71. The summed E-state index contributed by atoms with van der Waals surface area (Å²) in [5.74, 6) is -0.391. The van der Waals surface area contributed by atoms with E-state index in [4.69, 9.17) is 11.6 Å². The number of halogens is 1. The summed E-state index contributed by atoms with van der Waals surface area (Å²) >= 11 is 5.86.